The van der Waals surface area contributed by atoms with E-state index in [9.17, 15) is 8.42 Å². The SMILES string of the molecule is NC(=S)c1cccc(S(=O)(=O)N(CCO)CCO)c1. The fourth-order valence-corrected chi connectivity index (χ4v) is 3.13. The lowest BCUT2D eigenvalue weighted by Crippen LogP contribution is -2.36. The van der Waals surface area contributed by atoms with E-state index >= 15 is 0 Å². The molecule has 0 saturated carbocycles. The quantitative estimate of drug-likeness (QED) is 0.575. The summed E-state index contributed by atoms with van der Waals surface area (Å²) in [5, 5.41) is 17.8. The van der Waals surface area contributed by atoms with Gasteiger partial charge in [-0.05, 0) is 12.1 Å². The summed E-state index contributed by atoms with van der Waals surface area (Å²) in [5.41, 5.74) is 5.91. The first kappa shape index (κ1) is 16.0. The zero-order valence-corrected chi connectivity index (χ0v) is 11.8. The number of hydrogen-bond acceptors (Lipinski definition) is 5. The molecule has 0 aliphatic carbocycles. The van der Waals surface area contributed by atoms with E-state index in [4.69, 9.17) is 28.2 Å². The molecular formula is C11H16N2O4S2. The van der Waals surface area contributed by atoms with E-state index in [0.29, 0.717) is 5.56 Å². The van der Waals surface area contributed by atoms with Crippen molar-refractivity contribution in [1.82, 2.24) is 4.31 Å². The van der Waals surface area contributed by atoms with Crippen LogP contribution in [0.4, 0.5) is 0 Å². The van der Waals surface area contributed by atoms with Crippen LogP contribution in [0, 0.1) is 0 Å². The molecule has 0 bridgehead atoms. The molecule has 0 aromatic heterocycles. The van der Waals surface area contributed by atoms with Crippen molar-refractivity contribution in [1.29, 1.82) is 0 Å². The molecule has 8 heteroatoms. The zero-order valence-electron chi connectivity index (χ0n) is 10.2. The number of aliphatic hydroxyl groups excluding tert-OH is 2. The minimum absolute atomic E-state index is 0.0275. The maximum atomic E-state index is 12.3. The average molecular weight is 304 g/mol. The first-order chi connectivity index (χ1) is 8.93. The van der Waals surface area contributed by atoms with E-state index in [1.54, 1.807) is 6.07 Å². The molecular weight excluding hydrogens is 288 g/mol. The molecule has 0 spiro atoms. The van der Waals surface area contributed by atoms with Crippen molar-refractivity contribution in [3.05, 3.63) is 29.8 Å². The van der Waals surface area contributed by atoms with Gasteiger partial charge in [0.1, 0.15) is 4.99 Å². The van der Waals surface area contributed by atoms with Crippen molar-refractivity contribution in [3.63, 3.8) is 0 Å². The standard InChI is InChI=1S/C11H16N2O4S2/c12-11(18)9-2-1-3-10(8-9)19(16,17)13(4-6-14)5-7-15/h1-3,8,14-15H,4-7H2,(H2,12,18). The molecule has 4 N–H and O–H groups in total. The van der Waals surface area contributed by atoms with Gasteiger partial charge < -0.3 is 15.9 Å². The van der Waals surface area contributed by atoms with Crippen molar-refractivity contribution < 1.29 is 18.6 Å². The van der Waals surface area contributed by atoms with E-state index in [0.717, 1.165) is 4.31 Å². The van der Waals surface area contributed by atoms with E-state index in [-0.39, 0.29) is 36.2 Å². The highest BCUT2D eigenvalue weighted by Gasteiger charge is 2.23. The topological polar surface area (TPSA) is 104 Å². The lowest BCUT2D eigenvalue weighted by Gasteiger charge is -2.20. The first-order valence-electron chi connectivity index (χ1n) is 5.55. The van der Waals surface area contributed by atoms with Crippen molar-refractivity contribution in [2.24, 2.45) is 5.73 Å². The third-order valence-electron chi connectivity index (χ3n) is 2.46. The number of nitrogens with zero attached hydrogens (tertiary/aromatic N) is 1. The molecule has 1 rings (SSSR count). The van der Waals surface area contributed by atoms with Gasteiger partial charge in [0.2, 0.25) is 10.0 Å². The van der Waals surface area contributed by atoms with Crippen LogP contribution in [0.25, 0.3) is 0 Å². The van der Waals surface area contributed by atoms with Gasteiger partial charge in [0.05, 0.1) is 18.1 Å². The summed E-state index contributed by atoms with van der Waals surface area (Å²) >= 11 is 4.80. The van der Waals surface area contributed by atoms with Gasteiger partial charge in [0, 0.05) is 18.7 Å². The lowest BCUT2D eigenvalue weighted by molar-refractivity contribution is 0.217. The molecule has 106 valence electrons. The molecule has 1 aromatic carbocycles. The van der Waals surface area contributed by atoms with Gasteiger partial charge in [0.25, 0.3) is 0 Å². The third-order valence-corrected chi connectivity index (χ3v) is 4.59. The zero-order chi connectivity index (χ0) is 14.5. The highest BCUT2D eigenvalue weighted by molar-refractivity contribution is 7.89. The Balaban J connectivity index is 3.17. The van der Waals surface area contributed by atoms with Crippen LogP contribution in [0.5, 0.6) is 0 Å². The Kier molecular flexibility index (Phi) is 5.83. The number of benzene rings is 1. The number of nitrogens with two attached hydrogens (primary N) is 1. The molecule has 0 radical (unpaired) electrons. The van der Waals surface area contributed by atoms with Crippen LogP contribution in [-0.2, 0) is 10.0 Å². The fourth-order valence-electron chi connectivity index (χ4n) is 1.53. The summed E-state index contributed by atoms with van der Waals surface area (Å²) < 4.78 is 25.6. The Bertz CT molecular complexity index is 539. The van der Waals surface area contributed by atoms with Gasteiger partial charge in [-0.2, -0.15) is 4.31 Å². The summed E-state index contributed by atoms with van der Waals surface area (Å²) in [5.74, 6) is 0. The summed E-state index contributed by atoms with van der Waals surface area (Å²) in [6.45, 7) is -0.817. The van der Waals surface area contributed by atoms with Crippen LogP contribution in [0.3, 0.4) is 0 Å². The predicted molar refractivity (Wildman–Crippen MR) is 75.3 cm³/mol. The molecule has 0 heterocycles. The second kappa shape index (κ2) is 6.92. The van der Waals surface area contributed by atoms with Gasteiger partial charge in [-0.1, -0.05) is 24.4 Å². The Hall–Kier alpha value is -1.06. The van der Waals surface area contributed by atoms with Crippen molar-refractivity contribution in [2.75, 3.05) is 26.3 Å². The maximum absolute atomic E-state index is 12.3. The normalized spacial score (nSPS) is 11.7. The molecule has 6 nitrogen and oxygen atoms in total. The maximum Gasteiger partial charge on any atom is 0.243 e. The van der Waals surface area contributed by atoms with Gasteiger partial charge in [-0.3, -0.25) is 0 Å². The molecule has 0 amide bonds. The van der Waals surface area contributed by atoms with E-state index < -0.39 is 10.0 Å². The summed E-state index contributed by atoms with van der Waals surface area (Å²) in [7, 11) is -3.78. The van der Waals surface area contributed by atoms with Crippen LogP contribution >= 0.6 is 12.2 Å². The van der Waals surface area contributed by atoms with Gasteiger partial charge in [-0.15, -0.1) is 0 Å². The predicted octanol–water partition coefficient (Wildman–Crippen LogP) is -0.704. The van der Waals surface area contributed by atoms with Crippen LogP contribution in [0.1, 0.15) is 5.56 Å². The molecule has 0 unspecified atom stereocenters. The van der Waals surface area contributed by atoms with Gasteiger partial charge in [0.15, 0.2) is 0 Å². The van der Waals surface area contributed by atoms with Crippen LogP contribution < -0.4 is 5.73 Å². The van der Waals surface area contributed by atoms with E-state index in [2.05, 4.69) is 0 Å². The molecule has 19 heavy (non-hydrogen) atoms. The molecule has 0 aliphatic rings. The monoisotopic (exact) mass is 304 g/mol. The smallest absolute Gasteiger partial charge is 0.243 e. The number of aliphatic hydroxyl groups is 2. The Morgan fingerprint density at radius 1 is 1.26 bits per heavy atom. The Labute approximate surface area is 117 Å². The number of sulfonamides is 1. The van der Waals surface area contributed by atoms with Crippen LogP contribution in [0.15, 0.2) is 29.2 Å². The van der Waals surface area contributed by atoms with E-state index in [1.165, 1.54) is 18.2 Å². The van der Waals surface area contributed by atoms with Gasteiger partial charge >= 0.3 is 0 Å². The van der Waals surface area contributed by atoms with Crippen LogP contribution in [0.2, 0.25) is 0 Å². The summed E-state index contributed by atoms with van der Waals surface area (Å²) in [4.78, 5) is 0.132. The minimum Gasteiger partial charge on any atom is -0.395 e. The highest BCUT2D eigenvalue weighted by atomic mass is 32.2. The third kappa shape index (κ3) is 3.95. The fraction of sp³-hybridized carbons (Fsp3) is 0.364. The number of thiocarbonyl (C=S) groups is 1. The highest BCUT2D eigenvalue weighted by Crippen LogP contribution is 2.16. The van der Waals surface area contributed by atoms with Crippen molar-refractivity contribution >= 4 is 27.2 Å². The largest absolute Gasteiger partial charge is 0.395 e. The number of rotatable bonds is 7. The molecule has 0 fully saturated rings. The lowest BCUT2D eigenvalue weighted by atomic mass is 10.2. The second-order valence-electron chi connectivity index (χ2n) is 3.74. The first-order valence-corrected chi connectivity index (χ1v) is 7.40. The van der Waals surface area contributed by atoms with Crippen molar-refractivity contribution in [2.45, 2.75) is 4.90 Å². The van der Waals surface area contributed by atoms with Gasteiger partial charge in [-0.25, -0.2) is 8.42 Å². The summed E-state index contributed by atoms with van der Waals surface area (Å²) in [6.07, 6.45) is 0. The van der Waals surface area contributed by atoms with E-state index in [1.807, 2.05) is 0 Å². The molecule has 1 aromatic rings. The molecule has 0 saturated heterocycles. The average Bonchev–Trinajstić information content (AvgIpc) is 2.38. The Morgan fingerprint density at radius 3 is 2.32 bits per heavy atom. The second-order valence-corrected chi connectivity index (χ2v) is 6.12. The molecule has 0 atom stereocenters. The molecule has 0 aliphatic heterocycles. The minimum atomic E-state index is -3.78. The summed E-state index contributed by atoms with van der Waals surface area (Å²) in [6, 6.07) is 5.94. The van der Waals surface area contributed by atoms with Crippen molar-refractivity contribution in [3.8, 4) is 0 Å². The van der Waals surface area contributed by atoms with Crippen LogP contribution in [-0.4, -0.2) is 54.2 Å². The Morgan fingerprint density at radius 2 is 1.84 bits per heavy atom. The number of hydrogen-bond donors (Lipinski definition) is 3.